The van der Waals surface area contributed by atoms with Crippen molar-refractivity contribution in [1.29, 1.82) is 0 Å². The minimum atomic E-state index is -1.09. The molecule has 12 nitrogen and oxygen atoms in total. The minimum Gasteiger partial charge on any atom is -0.445 e. The number of rotatable bonds is 20. The summed E-state index contributed by atoms with van der Waals surface area (Å²) in [6.45, 7) is 9.65. The van der Waals surface area contributed by atoms with Gasteiger partial charge in [0.05, 0.1) is 18.0 Å². The highest BCUT2D eigenvalue weighted by molar-refractivity contribution is 8.00. The molecule has 4 amide bonds. The summed E-state index contributed by atoms with van der Waals surface area (Å²) in [6.07, 6.45) is 0.0699. The lowest BCUT2D eigenvalue weighted by Gasteiger charge is -2.36. The molecule has 0 unspecified atom stereocenters. The van der Waals surface area contributed by atoms with Crippen molar-refractivity contribution in [3.05, 3.63) is 144 Å². The van der Waals surface area contributed by atoms with Crippen LogP contribution in [0, 0.1) is 0 Å². The van der Waals surface area contributed by atoms with E-state index in [0.717, 1.165) is 35.3 Å². The molecule has 5 rings (SSSR count). The zero-order chi connectivity index (χ0) is 42.6. The molecule has 4 aromatic carbocycles. The van der Waals surface area contributed by atoms with E-state index in [1.807, 2.05) is 84.9 Å². The molecule has 1 aliphatic rings. The molecule has 0 radical (unpaired) electrons. The Hall–Kier alpha value is -5.37. The van der Waals surface area contributed by atoms with E-state index in [-0.39, 0.29) is 18.3 Å². The first kappa shape index (κ1) is 45.7. The van der Waals surface area contributed by atoms with Crippen LogP contribution in [0.1, 0.15) is 62.3 Å². The molecule has 1 heterocycles. The molecular formula is C47H59N5O7S. The zero-order valence-corrected chi connectivity index (χ0v) is 35.7. The first-order valence-electron chi connectivity index (χ1n) is 20.7. The van der Waals surface area contributed by atoms with Gasteiger partial charge >= 0.3 is 12.2 Å². The number of carbonyl (C=O) groups is 4. The lowest BCUT2D eigenvalue weighted by Crippen LogP contribution is -2.55. The van der Waals surface area contributed by atoms with Crippen LogP contribution in [0.25, 0.3) is 0 Å². The minimum absolute atomic E-state index is 0.129. The topological polar surface area (TPSA) is 147 Å². The molecule has 4 aromatic rings. The largest absolute Gasteiger partial charge is 0.445 e. The average molecular weight is 838 g/mol. The third-order valence-electron chi connectivity index (χ3n) is 9.88. The second-order valence-electron chi connectivity index (χ2n) is 15.6. The van der Waals surface area contributed by atoms with Crippen LogP contribution in [0.3, 0.4) is 0 Å². The van der Waals surface area contributed by atoms with Crippen LogP contribution in [0.15, 0.2) is 121 Å². The van der Waals surface area contributed by atoms with Crippen molar-refractivity contribution in [2.45, 2.75) is 69.1 Å². The number of morpholine rings is 1. The Labute approximate surface area is 358 Å². The molecule has 320 valence electrons. The first-order chi connectivity index (χ1) is 29.0. The molecule has 1 fully saturated rings. The van der Waals surface area contributed by atoms with Gasteiger partial charge in [0.2, 0.25) is 11.8 Å². The van der Waals surface area contributed by atoms with Gasteiger partial charge in [0.1, 0.15) is 24.3 Å². The number of ether oxygens (including phenoxy) is 3. The highest BCUT2D eigenvalue weighted by Gasteiger charge is 2.39. The van der Waals surface area contributed by atoms with Crippen LogP contribution >= 0.6 is 11.8 Å². The van der Waals surface area contributed by atoms with Gasteiger partial charge in [-0.1, -0.05) is 121 Å². The highest BCUT2D eigenvalue weighted by atomic mass is 32.2. The van der Waals surface area contributed by atoms with Crippen LogP contribution < -0.4 is 21.3 Å². The summed E-state index contributed by atoms with van der Waals surface area (Å²) in [5.41, 5.74) is 3.07. The number of thioether (sulfide) groups is 1. The van der Waals surface area contributed by atoms with Gasteiger partial charge in [-0.15, -0.1) is 11.8 Å². The SMILES string of the molecule is CC(C)(C)OC(=O)N[C@@H](CSC(c1ccccc1)(c1ccccc1)c1ccccc1)C(=O)N[C@@H](CCCCNC(=O)OCc1ccccc1)C(=O)NCCN1CCOCC1. The second-order valence-corrected chi connectivity index (χ2v) is 16.8. The van der Waals surface area contributed by atoms with Crippen LogP contribution in [0.2, 0.25) is 0 Å². The maximum absolute atomic E-state index is 14.5. The smallest absolute Gasteiger partial charge is 0.408 e. The molecule has 1 saturated heterocycles. The van der Waals surface area contributed by atoms with E-state index in [0.29, 0.717) is 52.1 Å². The van der Waals surface area contributed by atoms with E-state index < -0.39 is 40.5 Å². The monoisotopic (exact) mass is 837 g/mol. The Kier molecular flexibility index (Phi) is 17.8. The van der Waals surface area contributed by atoms with Crippen molar-refractivity contribution < 1.29 is 33.4 Å². The number of amides is 4. The number of hydrogen-bond acceptors (Lipinski definition) is 9. The molecule has 0 spiro atoms. The maximum Gasteiger partial charge on any atom is 0.408 e. The van der Waals surface area contributed by atoms with Gasteiger partial charge < -0.3 is 35.5 Å². The van der Waals surface area contributed by atoms with E-state index in [9.17, 15) is 19.2 Å². The Morgan fingerprint density at radius 1 is 0.667 bits per heavy atom. The van der Waals surface area contributed by atoms with Crippen LogP contribution in [-0.4, -0.2) is 98.3 Å². The normalized spacial score (nSPS) is 14.2. The summed E-state index contributed by atoms with van der Waals surface area (Å²) in [4.78, 5) is 56.3. The average Bonchev–Trinajstić information content (AvgIpc) is 3.26. The van der Waals surface area contributed by atoms with Crippen molar-refractivity contribution in [3.8, 4) is 0 Å². The fraction of sp³-hybridized carbons (Fsp3) is 0.404. The number of carbonyl (C=O) groups excluding carboxylic acids is 4. The number of nitrogens with zero attached hydrogens (tertiary/aromatic N) is 1. The van der Waals surface area contributed by atoms with Gasteiger partial charge in [-0.25, -0.2) is 9.59 Å². The zero-order valence-electron chi connectivity index (χ0n) is 34.9. The lowest BCUT2D eigenvalue weighted by atomic mass is 9.84. The Bertz CT molecular complexity index is 1810. The van der Waals surface area contributed by atoms with Crippen molar-refractivity contribution in [1.82, 2.24) is 26.2 Å². The van der Waals surface area contributed by atoms with Crippen LogP contribution in [0.4, 0.5) is 9.59 Å². The standard InChI is InChI=1S/C47H59N5O7S/c1-46(2,3)59-45(56)51-41(35-60-47(37-20-10-5-11-21-37,38-22-12-6-13-23-38)39-24-14-7-15-25-39)43(54)50-40(42(53)48-28-29-52-30-32-57-33-31-52)26-16-17-27-49-44(55)58-34-36-18-8-4-9-19-36/h4-15,18-25,40-41H,16-17,26-35H2,1-3H3,(H,48,53)(H,49,55)(H,50,54)(H,51,56)/t40-,41-/m0/s1. The number of alkyl carbamates (subject to hydrolysis) is 2. The molecule has 2 atom stereocenters. The maximum atomic E-state index is 14.5. The van der Waals surface area contributed by atoms with Crippen molar-refractivity contribution in [2.24, 2.45) is 0 Å². The van der Waals surface area contributed by atoms with Gasteiger partial charge in [-0.3, -0.25) is 14.5 Å². The predicted molar refractivity (Wildman–Crippen MR) is 236 cm³/mol. The summed E-state index contributed by atoms with van der Waals surface area (Å²) in [5.74, 6) is -0.723. The van der Waals surface area contributed by atoms with Gasteiger partial charge in [0.25, 0.3) is 0 Å². The fourth-order valence-corrected chi connectivity index (χ4v) is 8.43. The Morgan fingerprint density at radius 2 is 1.22 bits per heavy atom. The molecule has 4 N–H and O–H groups in total. The summed E-state index contributed by atoms with van der Waals surface area (Å²) in [6, 6.07) is 37.7. The first-order valence-corrected chi connectivity index (χ1v) is 21.6. The summed E-state index contributed by atoms with van der Waals surface area (Å²) in [7, 11) is 0. The van der Waals surface area contributed by atoms with Gasteiger partial charge in [0, 0.05) is 38.5 Å². The second kappa shape index (κ2) is 23.4. The lowest BCUT2D eigenvalue weighted by molar-refractivity contribution is -0.130. The quantitative estimate of drug-likeness (QED) is 0.0569. The third-order valence-corrected chi connectivity index (χ3v) is 11.5. The molecule has 60 heavy (non-hydrogen) atoms. The van der Waals surface area contributed by atoms with E-state index in [2.05, 4.69) is 62.6 Å². The summed E-state index contributed by atoms with van der Waals surface area (Å²) in [5, 5.41) is 11.6. The summed E-state index contributed by atoms with van der Waals surface area (Å²) >= 11 is 1.52. The van der Waals surface area contributed by atoms with Gasteiger partial charge in [-0.05, 0) is 62.3 Å². The Balaban J connectivity index is 1.33. The van der Waals surface area contributed by atoms with Crippen molar-refractivity contribution in [3.63, 3.8) is 0 Å². The van der Waals surface area contributed by atoms with E-state index >= 15 is 0 Å². The van der Waals surface area contributed by atoms with Gasteiger partial charge in [0.15, 0.2) is 0 Å². The highest BCUT2D eigenvalue weighted by Crippen LogP contribution is 2.48. The number of hydrogen-bond donors (Lipinski definition) is 4. The molecule has 1 aliphatic heterocycles. The number of nitrogens with one attached hydrogen (secondary N) is 4. The van der Waals surface area contributed by atoms with E-state index in [4.69, 9.17) is 14.2 Å². The molecular weight excluding hydrogens is 779 g/mol. The van der Waals surface area contributed by atoms with Crippen LogP contribution in [-0.2, 0) is 35.2 Å². The van der Waals surface area contributed by atoms with Crippen LogP contribution in [0.5, 0.6) is 0 Å². The van der Waals surface area contributed by atoms with Crippen molar-refractivity contribution >= 4 is 35.8 Å². The molecule has 0 aromatic heterocycles. The number of unbranched alkanes of at least 4 members (excludes halogenated alkanes) is 1. The molecule has 0 bridgehead atoms. The number of benzene rings is 4. The predicted octanol–water partition coefficient (Wildman–Crippen LogP) is 6.63. The Morgan fingerprint density at radius 3 is 1.77 bits per heavy atom. The molecule has 0 aliphatic carbocycles. The van der Waals surface area contributed by atoms with E-state index in [1.165, 1.54) is 11.8 Å². The fourth-order valence-electron chi connectivity index (χ4n) is 6.87. The summed E-state index contributed by atoms with van der Waals surface area (Å²) < 4.78 is 15.7. The van der Waals surface area contributed by atoms with Gasteiger partial charge in [-0.2, -0.15) is 0 Å². The van der Waals surface area contributed by atoms with E-state index in [1.54, 1.807) is 20.8 Å². The molecule has 0 saturated carbocycles. The third kappa shape index (κ3) is 14.4. The molecule has 13 heteroatoms. The van der Waals surface area contributed by atoms with Crippen molar-refractivity contribution in [2.75, 3.05) is 51.7 Å².